The number of benzene rings is 1. The Bertz CT molecular complexity index is 819. The van der Waals surface area contributed by atoms with Crippen molar-refractivity contribution in [2.24, 2.45) is 0 Å². The van der Waals surface area contributed by atoms with Crippen LogP contribution in [0, 0.1) is 6.92 Å². The van der Waals surface area contributed by atoms with Gasteiger partial charge in [-0.3, -0.25) is 14.4 Å². The summed E-state index contributed by atoms with van der Waals surface area (Å²) < 4.78 is 5.54. The van der Waals surface area contributed by atoms with E-state index in [0.29, 0.717) is 0 Å². The second-order valence-corrected chi connectivity index (χ2v) is 6.06. The van der Waals surface area contributed by atoms with E-state index in [1.54, 1.807) is 6.92 Å². The normalized spacial score (nSPS) is 23.1. The summed E-state index contributed by atoms with van der Waals surface area (Å²) in [4.78, 5) is 36.5. The number of fused-ring (bicyclic) bond motifs is 1. The van der Waals surface area contributed by atoms with Crippen molar-refractivity contribution in [2.75, 3.05) is 0 Å². The Kier molecular flexibility index (Phi) is 3.68. The molecule has 7 nitrogen and oxygen atoms in total. The van der Waals surface area contributed by atoms with Crippen molar-refractivity contribution in [1.29, 1.82) is 0 Å². The maximum Gasteiger partial charge on any atom is 0.305 e. The molecule has 0 radical (unpaired) electrons. The van der Waals surface area contributed by atoms with Gasteiger partial charge >= 0.3 is 5.97 Å². The van der Waals surface area contributed by atoms with E-state index in [2.05, 4.69) is 0 Å². The minimum atomic E-state index is -1.07. The van der Waals surface area contributed by atoms with Crippen molar-refractivity contribution in [3.8, 4) is 11.5 Å². The SMILES string of the molecule is Cc1cc(O)c2c(c1O)C(=O)C1=C(C[C@@H](CC(=O)O)O[C@@H]1C)C2=O. The summed E-state index contributed by atoms with van der Waals surface area (Å²) in [6, 6.07) is 1.22. The molecule has 0 aromatic heterocycles. The van der Waals surface area contributed by atoms with Crippen molar-refractivity contribution < 1.29 is 34.4 Å². The van der Waals surface area contributed by atoms with Crippen LogP contribution in [0.3, 0.4) is 0 Å². The molecule has 0 fully saturated rings. The maximum atomic E-state index is 12.8. The van der Waals surface area contributed by atoms with Gasteiger partial charge in [0, 0.05) is 17.6 Å². The van der Waals surface area contributed by atoms with Crippen LogP contribution in [0.25, 0.3) is 0 Å². The van der Waals surface area contributed by atoms with Crippen LogP contribution in [-0.2, 0) is 9.53 Å². The molecule has 1 aromatic rings. The first-order chi connectivity index (χ1) is 11.2. The number of phenolic OH excluding ortho intramolecular Hbond substituents is 2. The van der Waals surface area contributed by atoms with Crippen LogP contribution >= 0.6 is 0 Å². The smallest absolute Gasteiger partial charge is 0.305 e. The molecule has 7 heteroatoms. The number of ketones is 2. The van der Waals surface area contributed by atoms with Crippen molar-refractivity contribution in [2.45, 2.75) is 38.9 Å². The van der Waals surface area contributed by atoms with Gasteiger partial charge in [0.25, 0.3) is 0 Å². The number of phenols is 2. The highest BCUT2D eigenvalue weighted by Crippen LogP contribution is 2.43. The molecule has 3 N–H and O–H groups in total. The van der Waals surface area contributed by atoms with Crippen LogP contribution in [0.4, 0.5) is 0 Å². The van der Waals surface area contributed by atoms with Gasteiger partial charge in [-0.25, -0.2) is 0 Å². The van der Waals surface area contributed by atoms with E-state index < -0.39 is 29.7 Å². The van der Waals surface area contributed by atoms with Gasteiger partial charge in [0.1, 0.15) is 11.5 Å². The van der Waals surface area contributed by atoms with Gasteiger partial charge in [0.15, 0.2) is 11.6 Å². The lowest BCUT2D eigenvalue weighted by molar-refractivity contribution is -0.141. The summed E-state index contributed by atoms with van der Waals surface area (Å²) in [5.74, 6) is -2.93. The van der Waals surface area contributed by atoms with E-state index in [4.69, 9.17) is 9.84 Å². The lowest BCUT2D eigenvalue weighted by Crippen LogP contribution is -2.38. The standard InChI is InChI=1S/C17H16O7/c1-6-3-10(18)13-14(15(6)21)17(23)12-7(2)24-8(5-11(19)20)4-9(12)16(13)22/h3,7-8,18,21H,4-5H2,1-2H3,(H,19,20)/t7-,8+/m1/s1. The van der Waals surface area contributed by atoms with Crippen molar-refractivity contribution in [3.63, 3.8) is 0 Å². The molecule has 24 heavy (non-hydrogen) atoms. The van der Waals surface area contributed by atoms with E-state index >= 15 is 0 Å². The monoisotopic (exact) mass is 332 g/mol. The first kappa shape index (κ1) is 16.2. The molecule has 1 heterocycles. The molecule has 0 saturated heterocycles. The first-order valence-corrected chi connectivity index (χ1v) is 7.47. The topological polar surface area (TPSA) is 121 Å². The molecule has 1 aliphatic heterocycles. The molecular weight excluding hydrogens is 316 g/mol. The highest BCUT2D eigenvalue weighted by Gasteiger charge is 2.43. The molecule has 0 unspecified atom stereocenters. The number of aliphatic carboxylic acids is 1. The molecule has 0 saturated carbocycles. The molecule has 2 aliphatic rings. The molecule has 0 bridgehead atoms. The third-order valence-corrected chi connectivity index (χ3v) is 4.40. The van der Waals surface area contributed by atoms with E-state index in [-0.39, 0.29) is 52.2 Å². The van der Waals surface area contributed by atoms with Crippen LogP contribution in [-0.4, -0.2) is 45.1 Å². The van der Waals surface area contributed by atoms with Gasteiger partial charge in [-0.15, -0.1) is 0 Å². The van der Waals surface area contributed by atoms with Gasteiger partial charge in [-0.1, -0.05) is 0 Å². The van der Waals surface area contributed by atoms with Gasteiger partial charge < -0.3 is 20.1 Å². The van der Waals surface area contributed by atoms with Crippen LogP contribution in [0.2, 0.25) is 0 Å². The number of rotatable bonds is 2. The Morgan fingerprint density at radius 3 is 2.54 bits per heavy atom. The Hall–Kier alpha value is -2.67. The number of aromatic hydroxyl groups is 2. The summed E-state index contributed by atoms with van der Waals surface area (Å²) in [7, 11) is 0. The minimum absolute atomic E-state index is 0.0237. The molecule has 0 amide bonds. The Labute approximate surface area is 137 Å². The average Bonchev–Trinajstić information content (AvgIpc) is 2.47. The van der Waals surface area contributed by atoms with Gasteiger partial charge in [-0.2, -0.15) is 0 Å². The Morgan fingerprint density at radius 2 is 1.92 bits per heavy atom. The molecular formula is C17H16O7. The van der Waals surface area contributed by atoms with E-state index in [1.807, 2.05) is 0 Å². The maximum absolute atomic E-state index is 12.8. The predicted octanol–water partition coefficient (Wildman–Crippen LogP) is 1.73. The van der Waals surface area contributed by atoms with E-state index in [9.17, 15) is 24.6 Å². The number of hydrogen-bond donors (Lipinski definition) is 3. The quantitative estimate of drug-likeness (QED) is 0.705. The lowest BCUT2D eigenvalue weighted by Gasteiger charge is -2.34. The van der Waals surface area contributed by atoms with Crippen molar-refractivity contribution >= 4 is 17.5 Å². The molecule has 126 valence electrons. The van der Waals surface area contributed by atoms with Crippen LogP contribution < -0.4 is 0 Å². The number of carbonyl (C=O) groups excluding carboxylic acids is 2. The number of carboxylic acids is 1. The highest BCUT2D eigenvalue weighted by molar-refractivity contribution is 6.29. The van der Waals surface area contributed by atoms with E-state index in [1.165, 1.54) is 13.0 Å². The van der Waals surface area contributed by atoms with Crippen molar-refractivity contribution in [3.05, 3.63) is 33.9 Å². The second-order valence-electron chi connectivity index (χ2n) is 6.06. The fraction of sp³-hybridized carbons (Fsp3) is 0.353. The summed E-state index contributed by atoms with van der Waals surface area (Å²) in [5.41, 5.74) is 0.100. The molecule has 1 aromatic carbocycles. The zero-order valence-corrected chi connectivity index (χ0v) is 13.1. The zero-order chi connectivity index (χ0) is 17.8. The lowest BCUT2D eigenvalue weighted by atomic mass is 9.77. The van der Waals surface area contributed by atoms with Crippen molar-refractivity contribution in [1.82, 2.24) is 0 Å². The first-order valence-electron chi connectivity index (χ1n) is 7.47. The molecule has 0 spiro atoms. The highest BCUT2D eigenvalue weighted by atomic mass is 16.5. The largest absolute Gasteiger partial charge is 0.507 e. The Morgan fingerprint density at radius 1 is 1.25 bits per heavy atom. The summed E-state index contributed by atoms with van der Waals surface area (Å²) in [5, 5.41) is 29.2. The molecule has 3 rings (SSSR count). The minimum Gasteiger partial charge on any atom is -0.507 e. The number of carbonyl (C=O) groups is 3. The fourth-order valence-corrected chi connectivity index (χ4v) is 3.37. The third kappa shape index (κ3) is 2.28. The predicted molar refractivity (Wildman–Crippen MR) is 81.4 cm³/mol. The fourth-order valence-electron chi connectivity index (χ4n) is 3.37. The third-order valence-electron chi connectivity index (χ3n) is 4.40. The summed E-state index contributed by atoms with van der Waals surface area (Å²) in [6.07, 6.45) is -1.81. The van der Waals surface area contributed by atoms with Gasteiger partial charge in [-0.05, 0) is 25.5 Å². The van der Waals surface area contributed by atoms with E-state index in [0.717, 1.165) is 0 Å². The second kappa shape index (κ2) is 5.45. The summed E-state index contributed by atoms with van der Waals surface area (Å²) >= 11 is 0. The average molecular weight is 332 g/mol. The molecule has 1 aliphatic carbocycles. The van der Waals surface area contributed by atoms with Crippen LogP contribution in [0.15, 0.2) is 17.2 Å². The number of aryl methyl sites for hydroxylation is 1. The number of hydrogen-bond acceptors (Lipinski definition) is 6. The number of Topliss-reactive ketones (excluding diaryl/α,β-unsaturated/α-hetero) is 2. The Balaban J connectivity index is 2.15. The summed E-state index contributed by atoms with van der Waals surface area (Å²) in [6.45, 7) is 3.08. The zero-order valence-electron chi connectivity index (χ0n) is 13.1. The van der Waals surface area contributed by atoms with Crippen LogP contribution in [0.1, 0.15) is 46.0 Å². The number of carboxylic acid groups (broad SMARTS) is 1. The molecule has 2 atom stereocenters. The van der Waals surface area contributed by atoms with Crippen LogP contribution in [0.5, 0.6) is 11.5 Å². The number of ether oxygens (including phenoxy) is 1. The van der Waals surface area contributed by atoms with Gasteiger partial charge in [0.05, 0.1) is 29.8 Å². The van der Waals surface area contributed by atoms with Gasteiger partial charge in [0.2, 0.25) is 0 Å².